The first kappa shape index (κ1) is 9.50. The highest BCUT2D eigenvalue weighted by Gasteiger charge is 2.26. The van der Waals surface area contributed by atoms with E-state index < -0.39 is 5.56 Å². The Kier molecular flexibility index (Phi) is 2.07. The normalized spacial score (nSPS) is 19.3. The number of anilines is 3. The van der Waals surface area contributed by atoms with Crippen LogP contribution in [0.5, 0.6) is 0 Å². The summed E-state index contributed by atoms with van der Waals surface area (Å²) in [5.41, 5.74) is 5.20. The summed E-state index contributed by atoms with van der Waals surface area (Å²) in [7, 11) is 0. The summed E-state index contributed by atoms with van der Waals surface area (Å²) in [5, 5.41) is 2.95. The van der Waals surface area contributed by atoms with Crippen molar-refractivity contribution in [2.75, 3.05) is 22.5 Å². The molecule has 0 radical (unpaired) electrons. The van der Waals surface area contributed by atoms with Crippen LogP contribution in [0.1, 0.15) is 6.92 Å². The number of carbonyl (C=O) groups excluding carboxylic acids is 1. The molecule has 2 heterocycles. The van der Waals surface area contributed by atoms with E-state index in [-0.39, 0.29) is 17.7 Å². The second-order valence-electron chi connectivity index (χ2n) is 3.39. The molecule has 4 N–H and O–H groups in total. The number of fused-ring (bicyclic) bond motifs is 1. The molecule has 2 rings (SSSR count). The van der Waals surface area contributed by atoms with Gasteiger partial charge >= 0.3 is 0 Å². The lowest BCUT2D eigenvalue weighted by Gasteiger charge is -2.31. The molecule has 1 aliphatic rings. The maximum absolute atomic E-state index is 11.6. The average molecular weight is 209 g/mol. The quantitative estimate of drug-likeness (QED) is 0.521. The van der Waals surface area contributed by atoms with Gasteiger partial charge in [0.2, 0.25) is 12.4 Å². The third-order valence-corrected chi connectivity index (χ3v) is 2.32. The number of carbonyl (C=O) groups is 1. The summed E-state index contributed by atoms with van der Waals surface area (Å²) in [5.74, 6) is 0.383. The number of hydrogen-bond acceptors (Lipinski definition) is 5. The zero-order valence-corrected chi connectivity index (χ0v) is 8.15. The van der Waals surface area contributed by atoms with Crippen molar-refractivity contribution in [2.45, 2.75) is 13.0 Å². The van der Waals surface area contributed by atoms with Crippen LogP contribution in [0.4, 0.5) is 17.5 Å². The van der Waals surface area contributed by atoms with E-state index in [1.54, 1.807) is 0 Å². The summed E-state index contributed by atoms with van der Waals surface area (Å²) in [6.45, 7) is 2.38. The van der Waals surface area contributed by atoms with E-state index in [0.29, 0.717) is 18.8 Å². The van der Waals surface area contributed by atoms with Crippen molar-refractivity contribution in [2.24, 2.45) is 0 Å². The van der Waals surface area contributed by atoms with Gasteiger partial charge in [0.1, 0.15) is 0 Å². The molecule has 0 bridgehead atoms. The molecule has 7 nitrogen and oxygen atoms in total. The van der Waals surface area contributed by atoms with Crippen LogP contribution in [-0.4, -0.2) is 29.0 Å². The van der Waals surface area contributed by atoms with Gasteiger partial charge < -0.3 is 16.0 Å². The van der Waals surface area contributed by atoms with Gasteiger partial charge in [0.25, 0.3) is 5.56 Å². The Morgan fingerprint density at radius 3 is 3.07 bits per heavy atom. The molecule has 80 valence electrons. The number of aromatic amines is 1. The minimum absolute atomic E-state index is 0.0339. The van der Waals surface area contributed by atoms with Crippen LogP contribution in [0, 0.1) is 0 Å². The van der Waals surface area contributed by atoms with Gasteiger partial charge in [-0.25, -0.2) is 0 Å². The van der Waals surface area contributed by atoms with Crippen molar-refractivity contribution >= 4 is 23.9 Å². The first-order valence-corrected chi connectivity index (χ1v) is 4.50. The van der Waals surface area contributed by atoms with Crippen LogP contribution in [-0.2, 0) is 4.79 Å². The van der Waals surface area contributed by atoms with Crippen molar-refractivity contribution in [3.63, 3.8) is 0 Å². The molecule has 0 fully saturated rings. The standard InChI is InChI=1S/C8H11N5O2/c1-4-2-10-6-5(13(4)3-14)7(15)12-8(9)11-6/h3-4H,2H2,1H3,(H4,9,10,11,12,15). The molecule has 0 saturated heterocycles. The molecule has 0 aliphatic carbocycles. The topological polar surface area (TPSA) is 104 Å². The zero-order valence-electron chi connectivity index (χ0n) is 8.15. The number of H-pyrrole nitrogens is 1. The second kappa shape index (κ2) is 3.26. The van der Waals surface area contributed by atoms with E-state index in [1.165, 1.54) is 4.90 Å². The van der Waals surface area contributed by atoms with Crippen LogP contribution in [0.15, 0.2) is 4.79 Å². The smallest absolute Gasteiger partial charge is 0.278 e. The van der Waals surface area contributed by atoms with Gasteiger partial charge in [-0.2, -0.15) is 4.98 Å². The van der Waals surface area contributed by atoms with Crippen LogP contribution in [0.25, 0.3) is 0 Å². The van der Waals surface area contributed by atoms with Crippen molar-refractivity contribution < 1.29 is 4.79 Å². The van der Waals surface area contributed by atoms with Crippen LogP contribution < -0.4 is 21.5 Å². The summed E-state index contributed by atoms with van der Waals surface area (Å²) >= 11 is 0. The molecular weight excluding hydrogens is 198 g/mol. The van der Waals surface area contributed by atoms with E-state index in [0.717, 1.165) is 0 Å². The number of rotatable bonds is 1. The van der Waals surface area contributed by atoms with E-state index in [9.17, 15) is 9.59 Å². The van der Waals surface area contributed by atoms with Crippen molar-refractivity contribution in [3.05, 3.63) is 10.4 Å². The van der Waals surface area contributed by atoms with Crippen molar-refractivity contribution in [1.29, 1.82) is 0 Å². The summed E-state index contributed by atoms with van der Waals surface area (Å²) in [6, 6.07) is -0.0819. The highest BCUT2D eigenvalue weighted by Crippen LogP contribution is 2.24. The van der Waals surface area contributed by atoms with Gasteiger partial charge in [0.15, 0.2) is 11.5 Å². The molecule has 1 atom stereocenters. The fourth-order valence-electron chi connectivity index (χ4n) is 1.57. The third kappa shape index (κ3) is 1.41. The van der Waals surface area contributed by atoms with Crippen molar-refractivity contribution in [1.82, 2.24) is 9.97 Å². The number of amides is 1. The van der Waals surface area contributed by atoms with Gasteiger partial charge in [-0.1, -0.05) is 0 Å². The predicted molar refractivity (Wildman–Crippen MR) is 55.8 cm³/mol. The summed E-state index contributed by atoms with van der Waals surface area (Å²) in [4.78, 5) is 30.1. The molecule has 1 aliphatic heterocycles. The minimum atomic E-state index is -0.413. The maximum atomic E-state index is 11.6. The molecule has 0 spiro atoms. The van der Waals surface area contributed by atoms with Gasteiger partial charge in [-0.05, 0) is 6.92 Å². The molecular formula is C8H11N5O2. The third-order valence-electron chi connectivity index (χ3n) is 2.32. The molecule has 1 unspecified atom stereocenters. The number of nitrogen functional groups attached to an aromatic ring is 1. The SMILES string of the molecule is CC1CNc2nc(N)[nH]c(=O)c2N1C=O. The molecule has 0 aromatic carbocycles. The van der Waals surface area contributed by atoms with E-state index >= 15 is 0 Å². The fourth-order valence-corrected chi connectivity index (χ4v) is 1.57. The maximum Gasteiger partial charge on any atom is 0.278 e. The molecule has 1 amide bonds. The summed E-state index contributed by atoms with van der Waals surface area (Å²) in [6.07, 6.45) is 0.622. The van der Waals surface area contributed by atoms with Crippen LogP contribution >= 0.6 is 0 Å². The minimum Gasteiger partial charge on any atom is -0.369 e. The Hall–Kier alpha value is -2.05. The number of nitrogens with zero attached hydrogens (tertiary/aromatic N) is 2. The Bertz CT molecular complexity index is 455. The average Bonchev–Trinajstić information content (AvgIpc) is 2.18. The monoisotopic (exact) mass is 209 g/mol. The van der Waals surface area contributed by atoms with Crippen LogP contribution in [0.2, 0.25) is 0 Å². The first-order chi connectivity index (χ1) is 7.13. The van der Waals surface area contributed by atoms with E-state index in [4.69, 9.17) is 5.73 Å². The predicted octanol–water partition coefficient (Wildman–Crippen LogP) is -0.871. The van der Waals surface area contributed by atoms with Gasteiger partial charge in [-0.3, -0.25) is 14.6 Å². The van der Waals surface area contributed by atoms with Gasteiger partial charge in [0, 0.05) is 6.54 Å². The Labute approximate surface area is 85.3 Å². The molecule has 1 aromatic rings. The summed E-state index contributed by atoms with van der Waals surface area (Å²) < 4.78 is 0. The number of nitrogens with two attached hydrogens (primary N) is 1. The Morgan fingerprint density at radius 1 is 1.67 bits per heavy atom. The second-order valence-corrected chi connectivity index (χ2v) is 3.39. The lowest BCUT2D eigenvalue weighted by atomic mass is 10.2. The molecule has 7 heteroatoms. The zero-order chi connectivity index (χ0) is 11.0. The lowest BCUT2D eigenvalue weighted by molar-refractivity contribution is -0.107. The van der Waals surface area contributed by atoms with E-state index in [1.807, 2.05) is 6.92 Å². The van der Waals surface area contributed by atoms with Crippen LogP contribution in [0.3, 0.4) is 0 Å². The highest BCUT2D eigenvalue weighted by molar-refractivity contribution is 5.84. The first-order valence-electron chi connectivity index (χ1n) is 4.50. The molecule has 1 aromatic heterocycles. The van der Waals surface area contributed by atoms with Gasteiger partial charge in [0.05, 0.1) is 6.04 Å². The van der Waals surface area contributed by atoms with Gasteiger partial charge in [-0.15, -0.1) is 0 Å². The number of nitrogens with one attached hydrogen (secondary N) is 2. The molecule has 0 saturated carbocycles. The molecule has 15 heavy (non-hydrogen) atoms. The lowest BCUT2D eigenvalue weighted by Crippen LogP contribution is -2.44. The van der Waals surface area contributed by atoms with Crippen molar-refractivity contribution in [3.8, 4) is 0 Å². The fraction of sp³-hybridized carbons (Fsp3) is 0.375. The largest absolute Gasteiger partial charge is 0.369 e. The number of hydrogen-bond donors (Lipinski definition) is 3. The van der Waals surface area contributed by atoms with E-state index in [2.05, 4.69) is 15.3 Å². The Balaban J connectivity index is 2.62. The number of aromatic nitrogens is 2. The Morgan fingerprint density at radius 2 is 2.40 bits per heavy atom. The highest BCUT2D eigenvalue weighted by atomic mass is 16.1.